The largest absolute Gasteiger partial charge is 0.463 e. The average molecular weight is 196 g/mol. The van der Waals surface area contributed by atoms with E-state index >= 15 is 0 Å². The first-order valence-corrected chi connectivity index (χ1v) is 5.00. The lowest BCUT2D eigenvalue weighted by Gasteiger charge is -1.93. The van der Waals surface area contributed by atoms with E-state index in [1.807, 2.05) is 18.4 Å². The molecule has 0 fully saturated rings. The summed E-state index contributed by atoms with van der Waals surface area (Å²) in [6, 6.07) is 2.03. The van der Waals surface area contributed by atoms with Crippen LogP contribution >= 0.6 is 11.3 Å². The SMILES string of the molecule is CCOC(=O)/C=C/c1cc(C)cs1. The summed E-state index contributed by atoms with van der Waals surface area (Å²) < 4.78 is 4.75. The zero-order valence-corrected chi connectivity index (χ0v) is 8.56. The molecule has 0 radical (unpaired) electrons. The second kappa shape index (κ2) is 4.82. The molecule has 1 heterocycles. The molecule has 1 rings (SSSR count). The Labute approximate surface area is 81.8 Å². The lowest BCUT2D eigenvalue weighted by molar-refractivity contribution is -0.137. The van der Waals surface area contributed by atoms with Gasteiger partial charge in [-0.25, -0.2) is 4.79 Å². The van der Waals surface area contributed by atoms with E-state index in [4.69, 9.17) is 4.74 Å². The Balaban J connectivity index is 2.53. The standard InChI is InChI=1S/C10H12O2S/c1-3-12-10(11)5-4-9-6-8(2)7-13-9/h4-7H,3H2,1-2H3/b5-4+. The molecule has 0 unspecified atom stereocenters. The number of rotatable bonds is 3. The highest BCUT2D eigenvalue weighted by Crippen LogP contribution is 2.14. The van der Waals surface area contributed by atoms with Crippen LogP contribution in [0.1, 0.15) is 17.4 Å². The predicted octanol–water partition coefficient (Wildman–Crippen LogP) is 2.63. The highest BCUT2D eigenvalue weighted by atomic mass is 32.1. The molecule has 0 amide bonds. The van der Waals surface area contributed by atoms with Crippen molar-refractivity contribution < 1.29 is 9.53 Å². The van der Waals surface area contributed by atoms with Crippen molar-refractivity contribution in [2.75, 3.05) is 6.61 Å². The van der Waals surface area contributed by atoms with Gasteiger partial charge < -0.3 is 4.74 Å². The predicted molar refractivity (Wildman–Crippen MR) is 54.7 cm³/mol. The maximum atomic E-state index is 10.9. The van der Waals surface area contributed by atoms with Crippen molar-refractivity contribution in [3.05, 3.63) is 28.0 Å². The van der Waals surface area contributed by atoms with Gasteiger partial charge in [0.05, 0.1) is 6.61 Å². The second-order valence-corrected chi connectivity index (χ2v) is 3.55. The van der Waals surface area contributed by atoms with Crippen LogP contribution in [0, 0.1) is 6.92 Å². The zero-order valence-electron chi connectivity index (χ0n) is 7.74. The Bertz CT molecular complexity index is 312. The summed E-state index contributed by atoms with van der Waals surface area (Å²) in [5.41, 5.74) is 1.22. The van der Waals surface area contributed by atoms with Crippen molar-refractivity contribution in [2.45, 2.75) is 13.8 Å². The number of ether oxygens (including phenoxy) is 1. The quantitative estimate of drug-likeness (QED) is 0.548. The van der Waals surface area contributed by atoms with E-state index in [0.29, 0.717) is 6.61 Å². The van der Waals surface area contributed by atoms with E-state index in [-0.39, 0.29) is 5.97 Å². The molecular formula is C10H12O2S. The van der Waals surface area contributed by atoms with Gasteiger partial charge >= 0.3 is 5.97 Å². The number of thiophene rings is 1. The highest BCUT2D eigenvalue weighted by Gasteiger charge is 1.95. The van der Waals surface area contributed by atoms with Gasteiger partial charge in [-0.05, 0) is 36.9 Å². The molecule has 1 aromatic heterocycles. The third kappa shape index (κ3) is 3.42. The fourth-order valence-electron chi connectivity index (χ4n) is 0.881. The Hall–Kier alpha value is -1.09. The minimum atomic E-state index is -0.284. The molecule has 0 aliphatic carbocycles. The monoisotopic (exact) mass is 196 g/mol. The summed E-state index contributed by atoms with van der Waals surface area (Å²) in [6.45, 7) is 4.24. The first-order valence-electron chi connectivity index (χ1n) is 4.12. The smallest absolute Gasteiger partial charge is 0.330 e. The molecule has 3 heteroatoms. The van der Waals surface area contributed by atoms with Crippen molar-refractivity contribution in [3.8, 4) is 0 Å². The van der Waals surface area contributed by atoms with Crippen LogP contribution in [-0.4, -0.2) is 12.6 Å². The fraction of sp³-hybridized carbons (Fsp3) is 0.300. The van der Waals surface area contributed by atoms with Gasteiger partial charge in [-0.1, -0.05) is 0 Å². The van der Waals surface area contributed by atoms with Gasteiger partial charge in [0.15, 0.2) is 0 Å². The topological polar surface area (TPSA) is 26.3 Å². The van der Waals surface area contributed by atoms with Crippen LogP contribution in [0.3, 0.4) is 0 Å². The van der Waals surface area contributed by atoms with Gasteiger partial charge in [0.1, 0.15) is 0 Å². The molecule has 0 aliphatic rings. The molecule has 1 aromatic rings. The molecule has 2 nitrogen and oxygen atoms in total. The van der Waals surface area contributed by atoms with Crippen LogP contribution in [0.4, 0.5) is 0 Å². The molecule has 0 aromatic carbocycles. The van der Waals surface area contributed by atoms with E-state index in [1.54, 1.807) is 24.3 Å². The van der Waals surface area contributed by atoms with Crippen molar-refractivity contribution in [3.63, 3.8) is 0 Å². The zero-order chi connectivity index (χ0) is 9.68. The Morgan fingerprint density at radius 1 is 1.69 bits per heavy atom. The summed E-state index contributed by atoms with van der Waals surface area (Å²) in [4.78, 5) is 12.0. The molecule has 0 aliphatic heterocycles. The summed E-state index contributed by atoms with van der Waals surface area (Å²) in [5.74, 6) is -0.284. The molecule has 0 saturated carbocycles. The van der Waals surface area contributed by atoms with E-state index in [9.17, 15) is 4.79 Å². The van der Waals surface area contributed by atoms with E-state index in [2.05, 4.69) is 0 Å². The first kappa shape index (κ1) is 9.99. The minimum Gasteiger partial charge on any atom is -0.463 e. The highest BCUT2D eigenvalue weighted by molar-refractivity contribution is 7.11. The number of carbonyl (C=O) groups excluding carboxylic acids is 1. The Kier molecular flexibility index (Phi) is 3.71. The van der Waals surface area contributed by atoms with E-state index in [0.717, 1.165) is 4.88 Å². The second-order valence-electron chi connectivity index (χ2n) is 2.61. The van der Waals surface area contributed by atoms with Gasteiger partial charge in [0, 0.05) is 11.0 Å². The van der Waals surface area contributed by atoms with Crippen LogP contribution in [-0.2, 0) is 9.53 Å². The van der Waals surface area contributed by atoms with Gasteiger partial charge in [-0.2, -0.15) is 0 Å². The number of carbonyl (C=O) groups is 1. The van der Waals surface area contributed by atoms with Gasteiger partial charge in [-0.15, -0.1) is 11.3 Å². The van der Waals surface area contributed by atoms with Crippen molar-refractivity contribution in [1.82, 2.24) is 0 Å². The number of aryl methyl sites for hydroxylation is 1. The molecule has 0 atom stereocenters. The number of hydrogen-bond donors (Lipinski definition) is 0. The van der Waals surface area contributed by atoms with Gasteiger partial charge in [0.25, 0.3) is 0 Å². The Morgan fingerprint density at radius 3 is 3.00 bits per heavy atom. The van der Waals surface area contributed by atoms with E-state index in [1.165, 1.54) is 11.6 Å². The number of esters is 1. The van der Waals surface area contributed by atoms with Gasteiger partial charge in [0.2, 0.25) is 0 Å². The molecular weight excluding hydrogens is 184 g/mol. The maximum Gasteiger partial charge on any atom is 0.330 e. The molecule has 0 spiro atoms. The molecule has 0 bridgehead atoms. The van der Waals surface area contributed by atoms with E-state index < -0.39 is 0 Å². The van der Waals surface area contributed by atoms with Crippen molar-refractivity contribution >= 4 is 23.4 Å². The maximum absolute atomic E-state index is 10.9. The third-order valence-corrected chi connectivity index (χ3v) is 2.44. The molecule has 13 heavy (non-hydrogen) atoms. The first-order chi connectivity index (χ1) is 6.22. The lowest BCUT2D eigenvalue weighted by atomic mass is 10.3. The normalized spacial score (nSPS) is 10.6. The van der Waals surface area contributed by atoms with Crippen LogP contribution in [0.2, 0.25) is 0 Å². The fourth-order valence-corrected chi connectivity index (χ4v) is 1.67. The summed E-state index contributed by atoms with van der Waals surface area (Å²) >= 11 is 1.62. The van der Waals surface area contributed by atoms with Crippen LogP contribution in [0.25, 0.3) is 6.08 Å². The summed E-state index contributed by atoms with van der Waals surface area (Å²) in [5, 5.41) is 2.05. The summed E-state index contributed by atoms with van der Waals surface area (Å²) in [6.07, 6.45) is 3.23. The average Bonchev–Trinajstić information content (AvgIpc) is 2.49. The molecule has 70 valence electrons. The number of hydrogen-bond acceptors (Lipinski definition) is 3. The van der Waals surface area contributed by atoms with Crippen LogP contribution < -0.4 is 0 Å². The van der Waals surface area contributed by atoms with Crippen molar-refractivity contribution in [1.29, 1.82) is 0 Å². The van der Waals surface area contributed by atoms with Crippen LogP contribution in [0.5, 0.6) is 0 Å². The lowest BCUT2D eigenvalue weighted by Crippen LogP contribution is -1.98. The summed E-state index contributed by atoms with van der Waals surface area (Å²) in [7, 11) is 0. The third-order valence-electron chi connectivity index (χ3n) is 1.42. The Morgan fingerprint density at radius 2 is 2.46 bits per heavy atom. The van der Waals surface area contributed by atoms with Crippen LogP contribution in [0.15, 0.2) is 17.5 Å². The minimum absolute atomic E-state index is 0.284. The molecule has 0 N–H and O–H groups in total. The molecule has 0 saturated heterocycles. The van der Waals surface area contributed by atoms with Crippen molar-refractivity contribution in [2.24, 2.45) is 0 Å². The van der Waals surface area contributed by atoms with Gasteiger partial charge in [-0.3, -0.25) is 0 Å².